The molecule has 0 radical (unpaired) electrons. The molecule has 0 spiro atoms. The van der Waals surface area contributed by atoms with Crippen molar-refractivity contribution in [3.8, 4) is 0 Å². The number of hydrogen-bond acceptors (Lipinski definition) is 2. The predicted molar refractivity (Wildman–Crippen MR) is 100 cm³/mol. The molecule has 0 bridgehead atoms. The molecule has 128 valence electrons. The summed E-state index contributed by atoms with van der Waals surface area (Å²) in [4.78, 5) is 2.79. The predicted octanol–water partition coefficient (Wildman–Crippen LogP) is 5.16. The van der Waals surface area contributed by atoms with Crippen molar-refractivity contribution < 1.29 is 4.43 Å². The van der Waals surface area contributed by atoms with Crippen molar-refractivity contribution in [2.75, 3.05) is 13.1 Å². The van der Waals surface area contributed by atoms with Crippen molar-refractivity contribution in [3.05, 3.63) is 35.9 Å². The van der Waals surface area contributed by atoms with Gasteiger partial charge in [-0.25, -0.2) is 0 Å². The van der Waals surface area contributed by atoms with Crippen LogP contribution in [0, 0.1) is 0 Å². The van der Waals surface area contributed by atoms with E-state index < -0.39 is 8.32 Å². The summed E-state index contributed by atoms with van der Waals surface area (Å²) in [6.45, 7) is 9.32. The fraction of sp³-hybridized carbons (Fsp3) is 0.700. The molecule has 0 aromatic heterocycles. The Morgan fingerprint density at radius 1 is 1.00 bits per heavy atom. The van der Waals surface area contributed by atoms with E-state index in [1.165, 1.54) is 57.1 Å². The second-order valence-corrected chi connectivity index (χ2v) is 12.9. The van der Waals surface area contributed by atoms with E-state index in [4.69, 9.17) is 4.43 Å². The maximum absolute atomic E-state index is 6.48. The Morgan fingerprint density at radius 3 is 2.35 bits per heavy atom. The zero-order valence-corrected chi connectivity index (χ0v) is 16.2. The first-order valence-corrected chi connectivity index (χ1v) is 12.9. The zero-order chi connectivity index (χ0) is 16.3. The van der Waals surface area contributed by atoms with Gasteiger partial charge in [0.2, 0.25) is 0 Å². The third-order valence-electron chi connectivity index (χ3n) is 5.50. The number of rotatable bonds is 4. The molecular weight excluding hydrogens is 298 g/mol. The van der Waals surface area contributed by atoms with Crippen LogP contribution in [0.15, 0.2) is 30.3 Å². The largest absolute Gasteiger partial charge is 0.413 e. The van der Waals surface area contributed by atoms with Gasteiger partial charge in [-0.2, -0.15) is 0 Å². The summed E-state index contributed by atoms with van der Waals surface area (Å²) in [5.74, 6) is 0. The van der Waals surface area contributed by atoms with Gasteiger partial charge in [-0.1, -0.05) is 49.6 Å². The van der Waals surface area contributed by atoms with Gasteiger partial charge in [0.25, 0.3) is 0 Å². The van der Waals surface area contributed by atoms with Crippen LogP contribution in [0.2, 0.25) is 19.6 Å². The minimum absolute atomic E-state index is 0.265. The van der Waals surface area contributed by atoms with Crippen molar-refractivity contribution in [3.63, 3.8) is 0 Å². The molecular formula is C20H33NOSi. The van der Waals surface area contributed by atoms with Gasteiger partial charge in [-0.3, -0.25) is 4.90 Å². The lowest BCUT2D eigenvalue weighted by atomic mass is 9.74. The molecule has 3 heteroatoms. The lowest BCUT2D eigenvalue weighted by Gasteiger charge is -2.50. The molecule has 2 nitrogen and oxygen atoms in total. The fourth-order valence-corrected chi connectivity index (χ4v) is 5.79. The topological polar surface area (TPSA) is 12.5 Å². The summed E-state index contributed by atoms with van der Waals surface area (Å²) in [5, 5.41) is 0. The number of likely N-dealkylation sites (tertiary alicyclic amines) is 1. The first kappa shape index (κ1) is 17.2. The summed E-state index contributed by atoms with van der Waals surface area (Å²) >= 11 is 0. The van der Waals surface area contributed by atoms with E-state index in [0.717, 1.165) is 6.54 Å². The smallest absolute Gasteiger partial charge is 0.184 e. The van der Waals surface area contributed by atoms with Crippen molar-refractivity contribution in [2.24, 2.45) is 0 Å². The molecule has 2 aliphatic rings. The number of benzene rings is 1. The Bertz CT molecular complexity index is 490. The Kier molecular flexibility index (Phi) is 5.29. The quantitative estimate of drug-likeness (QED) is 0.706. The van der Waals surface area contributed by atoms with Crippen LogP contribution < -0.4 is 0 Å². The maximum atomic E-state index is 6.48. The first-order valence-electron chi connectivity index (χ1n) is 9.48. The Labute approximate surface area is 143 Å². The van der Waals surface area contributed by atoms with Gasteiger partial charge in [-0.05, 0) is 57.4 Å². The van der Waals surface area contributed by atoms with E-state index in [1.54, 1.807) is 0 Å². The van der Waals surface area contributed by atoms with Gasteiger partial charge in [0.05, 0.1) is 6.10 Å². The minimum atomic E-state index is -1.45. The Hall–Kier alpha value is -0.643. The molecule has 1 aliphatic heterocycles. The maximum Gasteiger partial charge on any atom is 0.184 e. The van der Waals surface area contributed by atoms with Crippen LogP contribution in [-0.2, 0) is 9.96 Å². The van der Waals surface area contributed by atoms with Gasteiger partial charge < -0.3 is 4.43 Å². The zero-order valence-electron chi connectivity index (χ0n) is 15.2. The van der Waals surface area contributed by atoms with Gasteiger partial charge in [0.1, 0.15) is 0 Å². The standard InChI is InChI=1S/C20H33NOSi/c1-23(2,3)22-19-13-10-16-21(17-19)20(14-8-5-9-15-20)18-11-6-4-7-12-18/h4,6-7,11-12,19H,5,8-10,13-17H2,1-3H3. The first-order chi connectivity index (χ1) is 11.0. The highest BCUT2D eigenvalue weighted by Crippen LogP contribution is 2.43. The van der Waals surface area contributed by atoms with Crippen molar-refractivity contribution >= 4 is 8.32 Å². The van der Waals surface area contributed by atoms with Crippen LogP contribution >= 0.6 is 0 Å². The van der Waals surface area contributed by atoms with Crippen molar-refractivity contribution in [1.82, 2.24) is 4.90 Å². The molecule has 1 saturated carbocycles. The van der Waals surface area contributed by atoms with E-state index in [9.17, 15) is 0 Å². The van der Waals surface area contributed by atoms with Gasteiger partial charge in [-0.15, -0.1) is 0 Å². The lowest BCUT2D eigenvalue weighted by Crippen LogP contribution is -2.54. The number of hydrogen-bond donors (Lipinski definition) is 0. The van der Waals surface area contributed by atoms with E-state index in [1.807, 2.05) is 0 Å². The van der Waals surface area contributed by atoms with Gasteiger partial charge in [0, 0.05) is 12.1 Å². The summed E-state index contributed by atoms with van der Waals surface area (Å²) in [7, 11) is -1.45. The molecule has 1 heterocycles. The normalized spacial score (nSPS) is 26.1. The van der Waals surface area contributed by atoms with Gasteiger partial charge >= 0.3 is 0 Å². The summed E-state index contributed by atoms with van der Waals surface area (Å²) in [6.07, 6.45) is 9.73. The molecule has 23 heavy (non-hydrogen) atoms. The second kappa shape index (κ2) is 7.08. The average molecular weight is 332 g/mol. The number of piperidine rings is 1. The van der Waals surface area contributed by atoms with E-state index in [0.29, 0.717) is 6.10 Å². The molecule has 1 atom stereocenters. The molecule has 1 saturated heterocycles. The molecule has 0 amide bonds. The van der Waals surface area contributed by atoms with Crippen molar-refractivity contribution in [2.45, 2.75) is 76.2 Å². The highest BCUT2D eigenvalue weighted by Gasteiger charge is 2.41. The van der Waals surface area contributed by atoms with Crippen molar-refractivity contribution in [1.29, 1.82) is 0 Å². The van der Waals surface area contributed by atoms with Crippen LogP contribution in [0.3, 0.4) is 0 Å². The van der Waals surface area contributed by atoms with Crippen LogP contribution in [0.4, 0.5) is 0 Å². The van der Waals surface area contributed by atoms with Crippen LogP contribution in [0.5, 0.6) is 0 Å². The minimum Gasteiger partial charge on any atom is -0.413 e. The highest BCUT2D eigenvalue weighted by atomic mass is 28.4. The SMILES string of the molecule is C[Si](C)(C)OC1CCCN(C2(c3ccccc3)CCCCC2)C1. The van der Waals surface area contributed by atoms with Crippen LogP contribution in [0.1, 0.15) is 50.5 Å². The molecule has 1 unspecified atom stereocenters. The molecule has 1 aromatic rings. The lowest BCUT2D eigenvalue weighted by molar-refractivity contribution is -0.0154. The summed E-state index contributed by atoms with van der Waals surface area (Å²) in [6, 6.07) is 11.3. The second-order valence-electron chi connectivity index (χ2n) is 8.40. The third kappa shape index (κ3) is 4.07. The van der Waals surface area contributed by atoms with Crippen LogP contribution in [0.25, 0.3) is 0 Å². The third-order valence-corrected chi connectivity index (χ3v) is 6.54. The molecule has 1 aromatic carbocycles. The summed E-state index contributed by atoms with van der Waals surface area (Å²) in [5.41, 5.74) is 1.80. The van der Waals surface area contributed by atoms with E-state index in [2.05, 4.69) is 54.9 Å². The Balaban J connectivity index is 1.82. The Morgan fingerprint density at radius 2 is 1.70 bits per heavy atom. The fourth-order valence-electron chi connectivity index (χ4n) is 4.60. The molecule has 3 rings (SSSR count). The summed E-state index contributed by atoms with van der Waals surface area (Å²) < 4.78 is 6.48. The van der Waals surface area contributed by atoms with E-state index >= 15 is 0 Å². The van der Waals surface area contributed by atoms with Gasteiger partial charge in [0.15, 0.2) is 8.32 Å². The monoisotopic (exact) mass is 331 g/mol. The van der Waals surface area contributed by atoms with Crippen LogP contribution in [-0.4, -0.2) is 32.4 Å². The highest BCUT2D eigenvalue weighted by molar-refractivity contribution is 6.69. The molecule has 2 fully saturated rings. The molecule has 0 N–H and O–H groups in total. The van der Waals surface area contributed by atoms with E-state index in [-0.39, 0.29) is 5.54 Å². The molecule has 1 aliphatic carbocycles. The number of nitrogens with zero attached hydrogens (tertiary/aromatic N) is 1. The average Bonchev–Trinajstić information content (AvgIpc) is 2.55.